The molecule has 1 atom stereocenters. The molecule has 6 nitrogen and oxygen atoms in total. The Morgan fingerprint density at radius 2 is 1.47 bits per heavy atom. The predicted molar refractivity (Wildman–Crippen MR) is 140 cm³/mol. The normalized spacial score (nSPS) is 12.8. The zero-order valence-electron chi connectivity index (χ0n) is 21.0. The largest absolute Gasteiger partial charge is 0.469 e. The van der Waals surface area contributed by atoms with Gasteiger partial charge in [0.2, 0.25) is 5.91 Å². The van der Waals surface area contributed by atoms with Crippen molar-refractivity contribution in [1.29, 1.82) is 0 Å². The molecule has 34 heavy (non-hydrogen) atoms. The van der Waals surface area contributed by atoms with Crippen LogP contribution >= 0.6 is 7.82 Å². The van der Waals surface area contributed by atoms with E-state index in [4.69, 9.17) is 9.79 Å². The summed E-state index contributed by atoms with van der Waals surface area (Å²) in [6.45, 7) is 2.02. The number of allylic oxidation sites excluding steroid dienone is 2. The van der Waals surface area contributed by atoms with Gasteiger partial charge in [-0.1, -0.05) is 101 Å². The summed E-state index contributed by atoms with van der Waals surface area (Å²) in [6.07, 6.45) is 21.2. The maximum absolute atomic E-state index is 12.3. The number of hydrogen-bond donors (Lipinski definition) is 3. The fourth-order valence-electron chi connectivity index (χ4n) is 3.89. The third kappa shape index (κ3) is 18.9. The van der Waals surface area contributed by atoms with Crippen LogP contribution in [-0.4, -0.2) is 28.3 Å². The zero-order valence-corrected chi connectivity index (χ0v) is 21.9. The number of carbonyl (C=O) groups is 1. The van der Waals surface area contributed by atoms with Crippen LogP contribution in [0, 0.1) is 0 Å². The quantitative estimate of drug-likeness (QED) is 0.0983. The predicted octanol–water partition coefficient (Wildman–Crippen LogP) is 6.86. The summed E-state index contributed by atoms with van der Waals surface area (Å²) in [5, 5.41) is 2.87. The Kier molecular flexibility index (Phi) is 17.8. The molecule has 1 aromatic carbocycles. The Labute approximate surface area is 206 Å². The van der Waals surface area contributed by atoms with Crippen molar-refractivity contribution in [3.63, 3.8) is 0 Å². The molecule has 3 N–H and O–H groups in total. The SMILES string of the molecule is CCCCCCCC/C=C\CCCCCCCC(=O)N[C@H](COP(=O)(O)O)Cc1ccccc1. The average Bonchev–Trinajstić information content (AvgIpc) is 2.80. The maximum Gasteiger partial charge on any atom is 0.469 e. The van der Waals surface area contributed by atoms with Gasteiger partial charge in [-0.3, -0.25) is 9.32 Å². The van der Waals surface area contributed by atoms with Crippen molar-refractivity contribution in [2.75, 3.05) is 6.61 Å². The molecule has 0 saturated carbocycles. The highest BCUT2D eigenvalue weighted by Gasteiger charge is 2.20. The number of nitrogens with one attached hydrogen (secondary N) is 1. The molecule has 194 valence electrons. The van der Waals surface area contributed by atoms with Gasteiger partial charge in [-0.25, -0.2) is 4.57 Å². The topological polar surface area (TPSA) is 95.9 Å². The molecule has 0 aliphatic carbocycles. The molecule has 0 spiro atoms. The lowest BCUT2D eigenvalue weighted by Crippen LogP contribution is -2.39. The molecule has 1 amide bonds. The highest BCUT2D eigenvalue weighted by Crippen LogP contribution is 2.35. The molecule has 0 radical (unpaired) electrons. The van der Waals surface area contributed by atoms with Gasteiger partial charge in [0.15, 0.2) is 0 Å². The number of carbonyl (C=O) groups excluding carboxylic acids is 1. The lowest BCUT2D eigenvalue weighted by Gasteiger charge is -2.19. The van der Waals surface area contributed by atoms with Crippen molar-refractivity contribution in [1.82, 2.24) is 5.32 Å². The first kappa shape index (κ1) is 30.6. The Bertz CT molecular complexity index is 704. The molecule has 0 fully saturated rings. The van der Waals surface area contributed by atoms with Crippen LogP contribution in [0.3, 0.4) is 0 Å². The molecular weight excluding hydrogens is 449 g/mol. The molecule has 0 aliphatic rings. The lowest BCUT2D eigenvalue weighted by atomic mass is 10.1. The first-order valence-electron chi connectivity index (χ1n) is 13.1. The first-order valence-corrected chi connectivity index (χ1v) is 14.6. The second-order valence-electron chi connectivity index (χ2n) is 9.07. The number of phosphoric acid groups is 1. The molecule has 1 rings (SSSR count). The van der Waals surface area contributed by atoms with Gasteiger partial charge in [0.25, 0.3) is 0 Å². The minimum Gasteiger partial charge on any atom is -0.351 e. The molecule has 0 aliphatic heterocycles. The second kappa shape index (κ2) is 19.8. The third-order valence-electron chi connectivity index (χ3n) is 5.80. The Hall–Kier alpha value is -1.46. The summed E-state index contributed by atoms with van der Waals surface area (Å²) in [5.41, 5.74) is 0.975. The van der Waals surface area contributed by atoms with E-state index in [9.17, 15) is 9.36 Å². The van der Waals surface area contributed by atoms with E-state index in [-0.39, 0.29) is 12.5 Å². The van der Waals surface area contributed by atoms with E-state index < -0.39 is 13.9 Å². The van der Waals surface area contributed by atoms with E-state index in [2.05, 4.69) is 28.9 Å². The molecular formula is C27H46NO5P. The van der Waals surface area contributed by atoms with Crippen LogP contribution in [0.1, 0.15) is 102 Å². The average molecular weight is 496 g/mol. The van der Waals surface area contributed by atoms with Gasteiger partial charge in [-0.2, -0.15) is 0 Å². The van der Waals surface area contributed by atoms with Crippen molar-refractivity contribution >= 4 is 13.7 Å². The number of amides is 1. The molecule has 0 aromatic heterocycles. The first-order chi connectivity index (χ1) is 16.4. The molecule has 0 bridgehead atoms. The van der Waals surface area contributed by atoms with E-state index in [0.29, 0.717) is 12.8 Å². The highest BCUT2D eigenvalue weighted by molar-refractivity contribution is 7.46. The standard InChI is InChI=1S/C27H46NO5P/c1-2-3-4-5-6-7-8-9-10-11-12-13-14-15-19-22-27(29)28-26(24-33-34(30,31)32)23-25-20-17-16-18-21-25/h9-10,16-18,20-21,26H,2-8,11-15,19,22-24H2,1H3,(H,28,29)(H2,30,31,32)/b10-9-/t26-/m0/s1. The second-order valence-corrected chi connectivity index (χ2v) is 10.3. The van der Waals surface area contributed by atoms with Crippen molar-refractivity contribution in [3.8, 4) is 0 Å². The maximum atomic E-state index is 12.3. The van der Waals surface area contributed by atoms with Crippen LogP contribution in [-0.2, 0) is 20.3 Å². The van der Waals surface area contributed by atoms with Crippen LogP contribution in [0.15, 0.2) is 42.5 Å². The Morgan fingerprint density at radius 3 is 2.06 bits per heavy atom. The van der Waals surface area contributed by atoms with Gasteiger partial charge in [0.05, 0.1) is 12.6 Å². The zero-order chi connectivity index (χ0) is 24.9. The van der Waals surface area contributed by atoms with Gasteiger partial charge >= 0.3 is 7.82 Å². The number of rotatable bonds is 21. The van der Waals surface area contributed by atoms with E-state index in [1.165, 1.54) is 57.8 Å². The molecule has 0 saturated heterocycles. The fourth-order valence-corrected chi connectivity index (χ4v) is 4.27. The number of benzene rings is 1. The minimum absolute atomic E-state index is 0.104. The van der Waals surface area contributed by atoms with Crippen molar-refractivity contribution in [2.45, 2.75) is 109 Å². The summed E-state index contributed by atoms with van der Waals surface area (Å²) in [5.74, 6) is -0.104. The van der Waals surface area contributed by atoms with Crippen LogP contribution in [0.2, 0.25) is 0 Å². The minimum atomic E-state index is -4.58. The summed E-state index contributed by atoms with van der Waals surface area (Å²) < 4.78 is 15.7. The number of unbranched alkanes of at least 4 members (excludes halogenated alkanes) is 11. The Morgan fingerprint density at radius 1 is 0.912 bits per heavy atom. The molecule has 0 unspecified atom stereocenters. The highest BCUT2D eigenvalue weighted by atomic mass is 31.2. The molecule has 7 heteroatoms. The van der Waals surface area contributed by atoms with Gasteiger partial charge in [-0.15, -0.1) is 0 Å². The lowest BCUT2D eigenvalue weighted by molar-refractivity contribution is -0.122. The van der Waals surface area contributed by atoms with Gasteiger partial charge < -0.3 is 15.1 Å². The van der Waals surface area contributed by atoms with Gasteiger partial charge in [0.1, 0.15) is 0 Å². The molecule has 1 aromatic rings. The van der Waals surface area contributed by atoms with E-state index in [1.54, 1.807) is 0 Å². The van der Waals surface area contributed by atoms with Crippen LogP contribution in [0.5, 0.6) is 0 Å². The van der Waals surface area contributed by atoms with Crippen molar-refractivity contribution in [2.24, 2.45) is 0 Å². The van der Waals surface area contributed by atoms with Crippen molar-refractivity contribution in [3.05, 3.63) is 48.0 Å². The smallest absolute Gasteiger partial charge is 0.351 e. The molecule has 0 heterocycles. The van der Waals surface area contributed by atoms with E-state index in [0.717, 1.165) is 31.2 Å². The third-order valence-corrected chi connectivity index (χ3v) is 6.28. The van der Waals surface area contributed by atoms with Crippen LogP contribution in [0.25, 0.3) is 0 Å². The Balaban J connectivity index is 2.11. The van der Waals surface area contributed by atoms with Gasteiger partial charge in [0, 0.05) is 6.42 Å². The van der Waals surface area contributed by atoms with Gasteiger partial charge in [-0.05, 0) is 44.1 Å². The summed E-state index contributed by atoms with van der Waals surface area (Å²) in [7, 11) is -4.58. The van der Waals surface area contributed by atoms with Crippen LogP contribution in [0.4, 0.5) is 0 Å². The number of phosphoric ester groups is 1. The monoisotopic (exact) mass is 495 g/mol. The summed E-state index contributed by atoms with van der Waals surface area (Å²) in [4.78, 5) is 30.3. The van der Waals surface area contributed by atoms with Crippen molar-refractivity contribution < 1.29 is 23.7 Å². The van der Waals surface area contributed by atoms with E-state index in [1.807, 2.05) is 30.3 Å². The summed E-state index contributed by atoms with van der Waals surface area (Å²) in [6, 6.07) is 9.04. The van der Waals surface area contributed by atoms with E-state index >= 15 is 0 Å². The number of hydrogen-bond acceptors (Lipinski definition) is 3. The van der Waals surface area contributed by atoms with Crippen LogP contribution < -0.4 is 5.32 Å². The fraction of sp³-hybridized carbons (Fsp3) is 0.667. The summed E-state index contributed by atoms with van der Waals surface area (Å²) >= 11 is 0.